The number of allylic oxidation sites excluding steroid dienone is 2. The molecule has 1 atom stereocenters. The van der Waals surface area contributed by atoms with Gasteiger partial charge in [0.25, 0.3) is 5.19 Å². The van der Waals surface area contributed by atoms with E-state index in [4.69, 9.17) is 4.74 Å². The lowest BCUT2D eigenvalue weighted by Crippen LogP contribution is -2.33. The predicted molar refractivity (Wildman–Crippen MR) is 144 cm³/mol. The summed E-state index contributed by atoms with van der Waals surface area (Å²) in [5.41, 5.74) is 5.90. The third-order valence-corrected chi connectivity index (χ3v) is 8.26. The Labute approximate surface area is 216 Å². The van der Waals surface area contributed by atoms with E-state index in [9.17, 15) is 9.18 Å². The van der Waals surface area contributed by atoms with E-state index in [-0.39, 0.29) is 11.7 Å². The Morgan fingerprint density at radius 1 is 1.14 bits per heavy atom. The van der Waals surface area contributed by atoms with Gasteiger partial charge >= 0.3 is 0 Å². The van der Waals surface area contributed by atoms with E-state index in [2.05, 4.69) is 34.2 Å². The number of halogens is 1. The van der Waals surface area contributed by atoms with E-state index < -0.39 is 0 Å². The van der Waals surface area contributed by atoms with Crippen molar-refractivity contribution in [2.45, 2.75) is 39.0 Å². The van der Waals surface area contributed by atoms with Gasteiger partial charge < -0.3 is 9.64 Å². The average Bonchev–Trinajstić information content (AvgIpc) is 3.03. The highest BCUT2D eigenvalue weighted by Crippen LogP contribution is 2.34. The van der Waals surface area contributed by atoms with Crippen molar-refractivity contribution in [1.29, 1.82) is 0 Å². The van der Waals surface area contributed by atoms with Crippen LogP contribution in [-0.2, 0) is 17.6 Å². The minimum atomic E-state index is -0.196. The number of benzene rings is 2. The summed E-state index contributed by atoms with van der Waals surface area (Å²) in [5, 5.41) is 0.714. The summed E-state index contributed by atoms with van der Waals surface area (Å²) in [6.45, 7) is 2.94. The molecule has 6 heteroatoms. The van der Waals surface area contributed by atoms with Crippen molar-refractivity contribution in [3.05, 3.63) is 93.8 Å². The van der Waals surface area contributed by atoms with Crippen LogP contribution in [0, 0.1) is 18.7 Å². The Hall–Kier alpha value is -3.25. The van der Waals surface area contributed by atoms with Crippen LogP contribution in [0.3, 0.4) is 0 Å². The number of nitrogens with zero attached hydrogens (tertiary/aromatic N) is 2. The molecule has 0 amide bonds. The molecule has 36 heavy (non-hydrogen) atoms. The standard InChI is InChI=1S/C30H31FN2O2S/c1-20-17-24(10-13-25(20)31)23-9-6-16-33(27(18-23)21-7-4-3-5-8-21)19-28(34)22-11-14-26-29(15-12-22)36-30(32-26)35-2/h3-5,7-10,13,17-18,22H,6,11-12,14-16,19H2,1-2H3. The van der Waals surface area contributed by atoms with Crippen molar-refractivity contribution >= 4 is 28.4 Å². The maximum absolute atomic E-state index is 13.9. The Morgan fingerprint density at radius 3 is 2.72 bits per heavy atom. The Bertz CT molecular complexity index is 1290. The van der Waals surface area contributed by atoms with Crippen LogP contribution in [0.15, 0.2) is 60.7 Å². The summed E-state index contributed by atoms with van der Waals surface area (Å²) in [6.07, 6.45) is 8.55. The molecule has 2 heterocycles. The molecule has 0 N–H and O–H groups in total. The Balaban J connectivity index is 1.37. The third-order valence-electron chi connectivity index (χ3n) is 7.14. The van der Waals surface area contributed by atoms with Crippen LogP contribution in [0.5, 0.6) is 5.19 Å². The lowest BCUT2D eigenvalue weighted by atomic mass is 9.94. The normalized spacial score (nSPS) is 18.0. The van der Waals surface area contributed by atoms with E-state index in [1.807, 2.05) is 30.3 Å². The molecule has 2 aliphatic rings. The first kappa shape index (κ1) is 24.4. The second kappa shape index (κ2) is 10.8. The van der Waals surface area contributed by atoms with Gasteiger partial charge in [0, 0.05) is 23.0 Å². The van der Waals surface area contributed by atoms with Gasteiger partial charge in [0.2, 0.25) is 0 Å². The maximum atomic E-state index is 13.9. The molecule has 1 aromatic heterocycles. The van der Waals surface area contributed by atoms with Crippen molar-refractivity contribution in [2.24, 2.45) is 5.92 Å². The lowest BCUT2D eigenvalue weighted by Gasteiger charge is -2.28. The molecule has 1 aliphatic heterocycles. The fraction of sp³-hybridized carbons (Fsp3) is 0.333. The summed E-state index contributed by atoms with van der Waals surface area (Å²) < 4.78 is 19.2. The Kier molecular flexibility index (Phi) is 7.33. The summed E-state index contributed by atoms with van der Waals surface area (Å²) in [6, 6.07) is 15.5. The summed E-state index contributed by atoms with van der Waals surface area (Å²) in [5.74, 6) is 0.128. The number of carbonyl (C=O) groups excluding carboxylic acids is 1. The van der Waals surface area contributed by atoms with Crippen LogP contribution in [0.25, 0.3) is 11.3 Å². The van der Waals surface area contributed by atoms with Crippen molar-refractivity contribution in [3.63, 3.8) is 0 Å². The molecule has 0 radical (unpaired) electrons. The zero-order chi connectivity index (χ0) is 25.1. The fourth-order valence-electron chi connectivity index (χ4n) is 5.10. The molecule has 0 saturated carbocycles. The molecule has 3 aromatic rings. The van der Waals surface area contributed by atoms with E-state index in [1.165, 1.54) is 10.9 Å². The summed E-state index contributed by atoms with van der Waals surface area (Å²) in [7, 11) is 1.65. The van der Waals surface area contributed by atoms with E-state index in [0.717, 1.165) is 66.7 Å². The number of fused-ring (bicyclic) bond motifs is 1. The number of aromatic nitrogens is 1. The smallest absolute Gasteiger partial charge is 0.273 e. The average molecular weight is 503 g/mol. The third kappa shape index (κ3) is 5.29. The first-order valence-electron chi connectivity index (χ1n) is 12.6. The van der Waals surface area contributed by atoms with Gasteiger partial charge in [-0.1, -0.05) is 53.8 Å². The largest absolute Gasteiger partial charge is 0.473 e. The van der Waals surface area contributed by atoms with Gasteiger partial charge in [-0.05, 0) is 79.5 Å². The van der Waals surface area contributed by atoms with Gasteiger partial charge in [-0.25, -0.2) is 9.37 Å². The van der Waals surface area contributed by atoms with E-state index >= 15 is 0 Å². The van der Waals surface area contributed by atoms with Crippen molar-refractivity contribution in [1.82, 2.24) is 9.88 Å². The Morgan fingerprint density at radius 2 is 1.94 bits per heavy atom. The number of hydrogen-bond acceptors (Lipinski definition) is 5. The number of rotatable bonds is 6. The second-order valence-corrected chi connectivity index (χ2v) is 10.6. The van der Waals surface area contributed by atoms with Crippen molar-refractivity contribution in [3.8, 4) is 5.19 Å². The number of ether oxygens (including phenoxy) is 1. The summed E-state index contributed by atoms with van der Waals surface area (Å²) in [4.78, 5) is 21.6. The number of methoxy groups -OCH3 is 1. The van der Waals surface area contributed by atoms with Gasteiger partial charge in [0.1, 0.15) is 5.82 Å². The molecule has 1 aliphatic carbocycles. The van der Waals surface area contributed by atoms with Crippen LogP contribution in [0.2, 0.25) is 0 Å². The molecular weight excluding hydrogens is 471 g/mol. The number of aryl methyl sites for hydroxylation is 3. The molecule has 2 aromatic carbocycles. The first-order chi connectivity index (χ1) is 17.5. The number of thiazole rings is 1. The van der Waals surface area contributed by atoms with Crippen LogP contribution in [0.4, 0.5) is 4.39 Å². The molecule has 1 unspecified atom stereocenters. The molecule has 0 saturated heterocycles. The van der Waals surface area contributed by atoms with Crippen LogP contribution < -0.4 is 4.74 Å². The van der Waals surface area contributed by atoms with Crippen molar-refractivity contribution < 1.29 is 13.9 Å². The minimum absolute atomic E-state index is 0.0323. The van der Waals surface area contributed by atoms with Gasteiger partial charge in [0.15, 0.2) is 5.78 Å². The quantitative estimate of drug-likeness (QED) is 0.361. The highest BCUT2D eigenvalue weighted by molar-refractivity contribution is 7.13. The van der Waals surface area contributed by atoms with Crippen LogP contribution >= 0.6 is 11.3 Å². The molecule has 5 rings (SSSR count). The number of carbonyl (C=O) groups is 1. The topological polar surface area (TPSA) is 42.4 Å². The van der Waals surface area contributed by atoms with Gasteiger partial charge in [-0.3, -0.25) is 4.79 Å². The van der Waals surface area contributed by atoms with Gasteiger partial charge in [0.05, 0.1) is 19.3 Å². The van der Waals surface area contributed by atoms with Crippen molar-refractivity contribution in [2.75, 3.05) is 20.2 Å². The zero-order valence-corrected chi connectivity index (χ0v) is 21.6. The minimum Gasteiger partial charge on any atom is -0.473 e. The number of ketones is 1. The molecule has 4 nitrogen and oxygen atoms in total. The zero-order valence-electron chi connectivity index (χ0n) is 20.8. The van der Waals surface area contributed by atoms with Gasteiger partial charge in [-0.2, -0.15) is 0 Å². The second-order valence-electron chi connectivity index (χ2n) is 9.52. The number of hydrogen-bond donors (Lipinski definition) is 0. The summed E-state index contributed by atoms with van der Waals surface area (Å²) >= 11 is 1.60. The highest BCUT2D eigenvalue weighted by Gasteiger charge is 2.27. The molecule has 186 valence electrons. The lowest BCUT2D eigenvalue weighted by molar-refractivity contribution is -0.123. The monoisotopic (exact) mass is 502 g/mol. The maximum Gasteiger partial charge on any atom is 0.273 e. The van der Waals surface area contributed by atoms with E-state index in [0.29, 0.717) is 23.1 Å². The fourth-order valence-corrected chi connectivity index (χ4v) is 6.03. The SMILES string of the molecule is COc1nc2c(s1)CCC(C(=O)CN1CCC=C(c3ccc(F)c(C)c3)C=C1c1ccccc1)CC2. The van der Waals surface area contributed by atoms with Gasteiger partial charge in [-0.15, -0.1) is 0 Å². The first-order valence-corrected chi connectivity index (χ1v) is 13.4. The molecule has 0 fully saturated rings. The molecule has 0 bridgehead atoms. The number of Topliss-reactive ketones (excluding diaryl/α,β-unsaturated/α-hetero) is 1. The highest BCUT2D eigenvalue weighted by atomic mass is 32.1. The van der Waals surface area contributed by atoms with E-state index in [1.54, 1.807) is 25.4 Å². The van der Waals surface area contributed by atoms with Crippen LogP contribution in [0.1, 0.15) is 46.5 Å². The predicted octanol–water partition coefficient (Wildman–Crippen LogP) is 6.49. The van der Waals surface area contributed by atoms with Crippen LogP contribution in [-0.4, -0.2) is 35.9 Å². The molecule has 0 spiro atoms. The molecular formula is C30H31FN2O2S.